The average Bonchev–Trinajstić information content (AvgIpc) is 2.92. The van der Waals surface area contributed by atoms with Gasteiger partial charge in [0.25, 0.3) is 0 Å². The highest BCUT2D eigenvalue weighted by Gasteiger charge is 2.11. The van der Waals surface area contributed by atoms with Gasteiger partial charge >= 0.3 is 0 Å². The van der Waals surface area contributed by atoms with E-state index in [1.54, 1.807) is 4.68 Å². The minimum absolute atomic E-state index is 0.756. The predicted molar refractivity (Wildman–Crippen MR) is 77.8 cm³/mol. The lowest BCUT2D eigenvalue weighted by Crippen LogP contribution is -2.36. The number of nitrogens with zero attached hydrogens (tertiary/aromatic N) is 4. The van der Waals surface area contributed by atoms with Crippen LogP contribution in [0.4, 0.5) is 11.5 Å². The first-order valence-corrected chi connectivity index (χ1v) is 6.81. The molecule has 2 aromatic heterocycles. The standard InChI is InChI=1S/C14H19N5O/c1-18-11-12(9-17-18)8-15-13-2-3-14(16-10-13)19-4-6-20-7-5-19/h2-3,9-11,15H,4-8H2,1H3. The molecule has 2 aromatic rings. The summed E-state index contributed by atoms with van der Waals surface area (Å²) in [5.41, 5.74) is 2.18. The first-order valence-electron chi connectivity index (χ1n) is 6.81. The van der Waals surface area contributed by atoms with Crippen molar-refractivity contribution >= 4 is 11.5 Å². The van der Waals surface area contributed by atoms with Crippen LogP contribution in [0.15, 0.2) is 30.7 Å². The van der Waals surface area contributed by atoms with Gasteiger partial charge in [-0.3, -0.25) is 4.68 Å². The number of hydrogen-bond acceptors (Lipinski definition) is 5. The summed E-state index contributed by atoms with van der Waals surface area (Å²) in [4.78, 5) is 6.75. The average molecular weight is 273 g/mol. The predicted octanol–water partition coefficient (Wildman–Crippen LogP) is 1.26. The van der Waals surface area contributed by atoms with Crippen LogP contribution in [0, 0.1) is 0 Å². The molecule has 0 atom stereocenters. The molecular formula is C14H19N5O. The monoisotopic (exact) mass is 273 g/mol. The van der Waals surface area contributed by atoms with E-state index in [4.69, 9.17) is 4.74 Å². The van der Waals surface area contributed by atoms with Gasteiger partial charge in [-0.05, 0) is 12.1 Å². The number of hydrogen-bond donors (Lipinski definition) is 1. The van der Waals surface area contributed by atoms with Crippen LogP contribution in [0.3, 0.4) is 0 Å². The zero-order chi connectivity index (χ0) is 13.8. The van der Waals surface area contributed by atoms with Crippen LogP contribution in [0.25, 0.3) is 0 Å². The fourth-order valence-electron chi connectivity index (χ4n) is 2.24. The molecule has 1 N–H and O–H groups in total. The molecule has 1 fully saturated rings. The summed E-state index contributed by atoms with van der Waals surface area (Å²) in [5.74, 6) is 1.01. The molecule has 1 aliphatic heterocycles. The maximum Gasteiger partial charge on any atom is 0.128 e. The molecule has 0 saturated carbocycles. The topological polar surface area (TPSA) is 55.2 Å². The SMILES string of the molecule is Cn1cc(CNc2ccc(N3CCOCC3)nc2)cn1. The second kappa shape index (κ2) is 5.92. The van der Waals surface area contributed by atoms with Gasteiger partial charge in [-0.1, -0.05) is 0 Å². The Labute approximate surface area is 118 Å². The first-order chi connectivity index (χ1) is 9.81. The van der Waals surface area contributed by atoms with Gasteiger partial charge in [0.05, 0.1) is 31.3 Å². The molecule has 0 amide bonds. The van der Waals surface area contributed by atoms with Crippen molar-refractivity contribution in [2.45, 2.75) is 6.54 Å². The smallest absolute Gasteiger partial charge is 0.128 e. The van der Waals surface area contributed by atoms with Crippen LogP contribution in [-0.2, 0) is 18.3 Å². The van der Waals surface area contributed by atoms with E-state index in [1.165, 1.54) is 0 Å². The summed E-state index contributed by atoms with van der Waals surface area (Å²) >= 11 is 0. The molecule has 6 nitrogen and oxygen atoms in total. The van der Waals surface area contributed by atoms with Crippen molar-refractivity contribution in [3.8, 4) is 0 Å². The number of anilines is 2. The fourth-order valence-corrected chi connectivity index (χ4v) is 2.24. The van der Waals surface area contributed by atoms with E-state index in [-0.39, 0.29) is 0 Å². The van der Waals surface area contributed by atoms with Crippen LogP contribution in [0.5, 0.6) is 0 Å². The summed E-state index contributed by atoms with van der Waals surface area (Å²) in [6.07, 6.45) is 5.74. The van der Waals surface area contributed by atoms with Crippen molar-refractivity contribution in [1.82, 2.24) is 14.8 Å². The summed E-state index contributed by atoms with van der Waals surface area (Å²) in [5, 5.41) is 7.49. The highest BCUT2D eigenvalue weighted by Crippen LogP contribution is 2.15. The Bertz CT molecular complexity index is 545. The molecule has 0 aliphatic carbocycles. The van der Waals surface area contributed by atoms with E-state index >= 15 is 0 Å². The molecular weight excluding hydrogens is 254 g/mol. The normalized spacial score (nSPS) is 15.3. The van der Waals surface area contributed by atoms with Gasteiger partial charge in [-0.2, -0.15) is 5.10 Å². The lowest BCUT2D eigenvalue weighted by molar-refractivity contribution is 0.122. The Morgan fingerprint density at radius 1 is 1.25 bits per heavy atom. The third-order valence-corrected chi connectivity index (χ3v) is 3.34. The van der Waals surface area contributed by atoms with E-state index in [0.29, 0.717) is 0 Å². The Morgan fingerprint density at radius 3 is 2.75 bits per heavy atom. The van der Waals surface area contributed by atoms with Gasteiger partial charge in [0.2, 0.25) is 0 Å². The Morgan fingerprint density at radius 2 is 2.10 bits per heavy atom. The Balaban J connectivity index is 1.58. The van der Waals surface area contributed by atoms with Crippen LogP contribution in [-0.4, -0.2) is 41.1 Å². The third-order valence-electron chi connectivity index (χ3n) is 3.34. The number of pyridine rings is 1. The molecule has 0 aromatic carbocycles. The van der Waals surface area contributed by atoms with Gasteiger partial charge in [-0.15, -0.1) is 0 Å². The maximum atomic E-state index is 5.34. The second-order valence-electron chi connectivity index (χ2n) is 4.88. The maximum absolute atomic E-state index is 5.34. The highest BCUT2D eigenvalue weighted by molar-refractivity contribution is 5.49. The van der Waals surface area contributed by atoms with E-state index < -0.39 is 0 Å². The summed E-state index contributed by atoms with van der Waals surface area (Å²) in [6.45, 7) is 4.14. The molecule has 0 bridgehead atoms. The Hall–Kier alpha value is -2.08. The van der Waals surface area contributed by atoms with Gasteiger partial charge in [0, 0.05) is 38.4 Å². The molecule has 0 spiro atoms. The number of morpholine rings is 1. The summed E-state index contributed by atoms with van der Waals surface area (Å²) in [6, 6.07) is 4.12. The molecule has 1 saturated heterocycles. The van der Waals surface area contributed by atoms with Crippen LogP contribution >= 0.6 is 0 Å². The van der Waals surface area contributed by atoms with Crippen molar-refractivity contribution in [3.63, 3.8) is 0 Å². The van der Waals surface area contributed by atoms with E-state index in [1.807, 2.05) is 25.6 Å². The highest BCUT2D eigenvalue weighted by atomic mass is 16.5. The zero-order valence-corrected chi connectivity index (χ0v) is 11.6. The minimum atomic E-state index is 0.756. The number of ether oxygens (including phenoxy) is 1. The van der Waals surface area contributed by atoms with E-state index in [9.17, 15) is 0 Å². The number of aryl methyl sites for hydroxylation is 1. The molecule has 106 valence electrons. The summed E-state index contributed by atoms with van der Waals surface area (Å²) < 4.78 is 7.15. The minimum Gasteiger partial charge on any atom is -0.380 e. The molecule has 1 aliphatic rings. The molecule has 20 heavy (non-hydrogen) atoms. The largest absolute Gasteiger partial charge is 0.380 e. The second-order valence-corrected chi connectivity index (χ2v) is 4.88. The van der Waals surface area contributed by atoms with Crippen molar-refractivity contribution in [1.29, 1.82) is 0 Å². The van der Waals surface area contributed by atoms with Gasteiger partial charge < -0.3 is 15.0 Å². The number of nitrogens with one attached hydrogen (secondary N) is 1. The molecule has 3 heterocycles. The van der Waals surface area contributed by atoms with Crippen LogP contribution in [0.1, 0.15) is 5.56 Å². The van der Waals surface area contributed by atoms with Gasteiger partial charge in [-0.25, -0.2) is 4.98 Å². The van der Waals surface area contributed by atoms with Crippen LogP contribution in [0.2, 0.25) is 0 Å². The van der Waals surface area contributed by atoms with Crippen molar-refractivity contribution in [2.24, 2.45) is 7.05 Å². The fraction of sp³-hybridized carbons (Fsp3) is 0.429. The molecule has 0 unspecified atom stereocenters. The zero-order valence-electron chi connectivity index (χ0n) is 11.6. The van der Waals surface area contributed by atoms with Gasteiger partial charge in [0.1, 0.15) is 5.82 Å². The Kier molecular flexibility index (Phi) is 3.83. The van der Waals surface area contributed by atoms with Crippen molar-refractivity contribution in [3.05, 3.63) is 36.3 Å². The number of rotatable bonds is 4. The lowest BCUT2D eigenvalue weighted by atomic mass is 10.3. The van der Waals surface area contributed by atoms with Crippen LogP contribution < -0.4 is 10.2 Å². The van der Waals surface area contributed by atoms with Crippen molar-refractivity contribution < 1.29 is 4.74 Å². The first kappa shape index (κ1) is 12.9. The molecule has 6 heteroatoms. The number of aromatic nitrogens is 3. The van der Waals surface area contributed by atoms with Crippen molar-refractivity contribution in [2.75, 3.05) is 36.5 Å². The quantitative estimate of drug-likeness (QED) is 0.909. The summed E-state index contributed by atoms with van der Waals surface area (Å²) in [7, 11) is 1.92. The molecule has 3 rings (SSSR count). The van der Waals surface area contributed by atoms with Gasteiger partial charge in [0.15, 0.2) is 0 Å². The lowest BCUT2D eigenvalue weighted by Gasteiger charge is -2.27. The van der Waals surface area contributed by atoms with E-state index in [0.717, 1.165) is 49.9 Å². The molecule has 0 radical (unpaired) electrons. The van der Waals surface area contributed by atoms with E-state index in [2.05, 4.69) is 32.4 Å². The third kappa shape index (κ3) is 3.08.